The van der Waals surface area contributed by atoms with Gasteiger partial charge in [0.1, 0.15) is 5.60 Å². The van der Waals surface area contributed by atoms with E-state index in [2.05, 4.69) is 15.5 Å². The van der Waals surface area contributed by atoms with Gasteiger partial charge >= 0.3 is 6.01 Å². The third kappa shape index (κ3) is 2.27. The minimum Gasteiger partial charge on any atom is -0.378 e. The molecule has 0 aromatic carbocycles. The summed E-state index contributed by atoms with van der Waals surface area (Å²) in [5, 5.41) is 6.74. The summed E-state index contributed by atoms with van der Waals surface area (Å²) in [7, 11) is 1.69. The van der Waals surface area contributed by atoms with Gasteiger partial charge in [0, 0.05) is 20.1 Å². The van der Waals surface area contributed by atoms with Crippen LogP contribution in [0.25, 0.3) is 0 Å². The van der Waals surface area contributed by atoms with Gasteiger partial charge in [-0.2, -0.15) is 4.98 Å². The highest BCUT2D eigenvalue weighted by atomic mass is 16.5. The van der Waals surface area contributed by atoms with Gasteiger partial charge in [0.25, 0.3) is 0 Å². The van der Waals surface area contributed by atoms with E-state index in [1.807, 2.05) is 0 Å². The number of hydrogen-bond acceptors (Lipinski definition) is 6. The second kappa shape index (κ2) is 4.16. The Kier molecular flexibility index (Phi) is 2.88. The fraction of sp³-hybridized carbons (Fsp3) is 0.778. The van der Waals surface area contributed by atoms with Crippen LogP contribution in [0.5, 0.6) is 0 Å². The molecule has 1 aromatic rings. The fourth-order valence-electron chi connectivity index (χ4n) is 1.57. The molecule has 0 amide bonds. The number of methoxy groups -OCH3 is 1. The molecule has 1 saturated heterocycles. The molecule has 0 bridgehead atoms. The Morgan fingerprint density at radius 1 is 1.60 bits per heavy atom. The van der Waals surface area contributed by atoms with Gasteiger partial charge in [0.2, 0.25) is 0 Å². The lowest BCUT2D eigenvalue weighted by molar-refractivity contribution is -0.00659. The van der Waals surface area contributed by atoms with Crippen molar-refractivity contribution in [1.82, 2.24) is 10.1 Å². The Balaban J connectivity index is 1.91. The van der Waals surface area contributed by atoms with Gasteiger partial charge in [-0.3, -0.25) is 0 Å². The highest BCUT2D eigenvalue weighted by Crippen LogP contribution is 2.22. The van der Waals surface area contributed by atoms with Crippen molar-refractivity contribution < 1.29 is 14.0 Å². The van der Waals surface area contributed by atoms with Gasteiger partial charge in [-0.1, -0.05) is 5.16 Å². The van der Waals surface area contributed by atoms with Gasteiger partial charge in [-0.15, -0.1) is 0 Å². The molecule has 1 aliphatic rings. The summed E-state index contributed by atoms with van der Waals surface area (Å²) in [5.41, 5.74) is -0.262. The molecule has 0 spiro atoms. The lowest BCUT2D eigenvalue weighted by Crippen LogP contribution is -2.39. The number of rotatable bonds is 4. The summed E-state index contributed by atoms with van der Waals surface area (Å²) in [5.74, 6) is 0.617. The largest absolute Gasteiger partial charge is 0.378 e. The Morgan fingerprint density at radius 2 is 2.47 bits per heavy atom. The first-order chi connectivity index (χ1) is 7.24. The molecule has 1 aromatic heterocycles. The first-order valence-electron chi connectivity index (χ1n) is 4.91. The minimum absolute atomic E-state index is 0.262. The highest BCUT2D eigenvalue weighted by molar-refractivity contribution is 5.19. The van der Waals surface area contributed by atoms with Gasteiger partial charge < -0.3 is 19.3 Å². The number of aryl methyl sites for hydroxylation is 1. The number of hydrogen-bond donors (Lipinski definition) is 1. The molecule has 1 N–H and O–H groups in total. The zero-order valence-corrected chi connectivity index (χ0v) is 8.95. The molecule has 1 atom stereocenters. The average Bonchev–Trinajstić information content (AvgIpc) is 2.85. The monoisotopic (exact) mass is 213 g/mol. The standard InChI is InChI=1S/C9H15N3O3/c1-7-11-8(15-12-7)10-5-9(13-2)3-4-14-6-9/h3-6H2,1-2H3,(H,10,11,12). The van der Waals surface area contributed by atoms with Gasteiger partial charge in [0.15, 0.2) is 5.82 Å². The quantitative estimate of drug-likeness (QED) is 0.789. The fourth-order valence-corrected chi connectivity index (χ4v) is 1.57. The summed E-state index contributed by atoms with van der Waals surface area (Å²) in [4.78, 5) is 4.05. The molecule has 1 unspecified atom stereocenters. The molecule has 6 nitrogen and oxygen atoms in total. The summed E-state index contributed by atoms with van der Waals surface area (Å²) >= 11 is 0. The normalized spacial score (nSPS) is 25.7. The maximum Gasteiger partial charge on any atom is 0.321 e. The van der Waals surface area contributed by atoms with Crippen LogP contribution in [-0.2, 0) is 9.47 Å². The molecule has 15 heavy (non-hydrogen) atoms. The summed E-state index contributed by atoms with van der Waals surface area (Å²) in [6, 6.07) is 0.427. The number of nitrogens with zero attached hydrogens (tertiary/aromatic N) is 2. The van der Waals surface area contributed by atoms with E-state index in [9.17, 15) is 0 Å². The smallest absolute Gasteiger partial charge is 0.321 e. The van der Waals surface area contributed by atoms with Crippen molar-refractivity contribution in [2.75, 3.05) is 32.2 Å². The Hall–Kier alpha value is -1.14. The lowest BCUT2D eigenvalue weighted by atomic mass is 10.0. The van der Waals surface area contributed by atoms with Crippen LogP contribution in [0.15, 0.2) is 4.52 Å². The molecule has 84 valence electrons. The average molecular weight is 213 g/mol. The maximum atomic E-state index is 5.45. The van der Waals surface area contributed by atoms with E-state index in [4.69, 9.17) is 14.0 Å². The topological polar surface area (TPSA) is 69.4 Å². The molecule has 0 saturated carbocycles. The third-order valence-corrected chi connectivity index (χ3v) is 2.59. The minimum atomic E-state index is -0.262. The van der Waals surface area contributed by atoms with Crippen LogP contribution < -0.4 is 5.32 Å². The van der Waals surface area contributed by atoms with Crippen LogP contribution in [0, 0.1) is 6.92 Å². The summed E-state index contributed by atoms with van der Waals surface area (Å²) in [6.45, 7) is 3.73. The molecule has 2 heterocycles. The zero-order valence-electron chi connectivity index (χ0n) is 8.95. The molecular formula is C9H15N3O3. The van der Waals surface area contributed by atoms with Gasteiger partial charge in [-0.25, -0.2) is 0 Å². The number of nitrogens with one attached hydrogen (secondary N) is 1. The van der Waals surface area contributed by atoms with Crippen molar-refractivity contribution in [3.63, 3.8) is 0 Å². The molecule has 0 radical (unpaired) electrons. The molecule has 0 aliphatic carbocycles. The van der Waals surface area contributed by atoms with Crippen LogP contribution in [0.2, 0.25) is 0 Å². The molecular weight excluding hydrogens is 198 g/mol. The maximum absolute atomic E-state index is 5.45. The first-order valence-corrected chi connectivity index (χ1v) is 4.91. The Labute approximate surface area is 87.9 Å². The van der Waals surface area contributed by atoms with Crippen LogP contribution in [0.4, 0.5) is 6.01 Å². The first kappa shape index (κ1) is 10.4. The Bertz CT molecular complexity index is 320. The predicted molar refractivity (Wildman–Crippen MR) is 52.7 cm³/mol. The molecule has 6 heteroatoms. The van der Waals surface area contributed by atoms with E-state index >= 15 is 0 Å². The van der Waals surface area contributed by atoms with Crippen molar-refractivity contribution in [1.29, 1.82) is 0 Å². The zero-order chi connectivity index (χ0) is 10.7. The van der Waals surface area contributed by atoms with E-state index in [1.165, 1.54) is 0 Å². The van der Waals surface area contributed by atoms with E-state index in [0.29, 0.717) is 25.0 Å². The van der Waals surface area contributed by atoms with Crippen molar-refractivity contribution >= 4 is 6.01 Å². The van der Waals surface area contributed by atoms with Crippen LogP contribution >= 0.6 is 0 Å². The molecule has 1 aliphatic heterocycles. The number of aromatic nitrogens is 2. The van der Waals surface area contributed by atoms with Crippen LogP contribution in [0.1, 0.15) is 12.2 Å². The highest BCUT2D eigenvalue weighted by Gasteiger charge is 2.35. The number of anilines is 1. The van der Waals surface area contributed by atoms with E-state index in [1.54, 1.807) is 14.0 Å². The molecule has 1 fully saturated rings. The van der Waals surface area contributed by atoms with Crippen LogP contribution in [0.3, 0.4) is 0 Å². The van der Waals surface area contributed by atoms with E-state index in [-0.39, 0.29) is 5.60 Å². The van der Waals surface area contributed by atoms with Crippen LogP contribution in [-0.4, -0.2) is 42.6 Å². The second-order valence-corrected chi connectivity index (χ2v) is 3.69. The summed E-state index contributed by atoms with van der Waals surface area (Å²) in [6.07, 6.45) is 0.879. The van der Waals surface area contributed by atoms with Crippen molar-refractivity contribution in [3.05, 3.63) is 5.82 Å². The van der Waals surface area contributed by atoms with Gasteiger partial charge in [-0.05, 0) is 6.92 Å². The molecule has 2 rings (SSSR count). The van der Waals surface area contributed by atoms with E-state index < -0.39 is 0 Å². The van der Waals surface area contributed by atoms with Crippen molar-refractivity contribution in [2.24, 2.45) is 0 Å². The summed E-state index contributed by atoms with van der Waals surface area (Å²) < 4.78 is 15.7. The Morgan fingerprint density at radius 3 is 3.00 bits per heavy atom. The third-order valence-electron chi connectivity index (χ3n) is 2.59. The number of ether oxygens (including phenoxy) is 2. The van der Waals surface area contributed by atoms with Crippen molar-refractivity contribution in [3.8, 4) is 0 Å². The van der Waals surface area contributed by atoms with E-state index in [0.717, 1.165) is 13.0 Å². The van der Waals surface area contributed by atoms with Gasteiger partial charge in [0.05, 0.1) is 13.2 Å². The predicted octanol–water partition coefficient (Wildman–Crippen LogP) is 0.595. The lowest BCUT2D eigenvalue weighted by Gasteiger charge is -2.25. The SMILES string of the molecule is COC1(CNc2nc(C)no2)CCOC1. The second-order valence-electron chi connectivity index (χ2n) is 3.69. The van der Waals surface area contributed by atoms with Crippen molar-refractivity contribution in [2.45, 2.75) is 18.9 Å².